The van der Waals surface area contributed by atoms with Gasteiger partial charge in [-0.2, -0.15) is 5.10 Å². The molecule has 22 heavy (non-hydrogen) atoms. The molecule has 0 spiro atoms. The van der Waals surface area contributed by atoms with Crippen molar-refractivity contribution in [2.24, 2.45) is 11.8 Å². The number of hydrogen-bond acceptors (Lipinski definition) is 4. The molecule has 1 amide bonds. The van der Waals surface area contributed by atoms with Crippen molar-refractivity contribution in [1.82, 2.24) is 14.8 Å². The minimum atomic E-state index is -0.0373. The van der Waals surface area contributed by atoms with Crippen molar-refractivity contribution < 1.29 is 9.53 Å². The smallest absolute Gasteiger partial charge is 0.228 e. The number of rotatable bonds is 4. The summed E-state index contributed by atoms with van der Waals surface area (Å²) >= 11 is 0. The van der Waals surface area contributed by atoms with E-state index in [9.17, 15) is 4.79 Å². The van der Waals surface area contributed by atoms with Crippen LogP contribution in [0.5, 0.6) is 0 Å². The van der Waals surface area contributed by atoms with Crippen LogP contribution in [0, 0.1) is 11.8 Å². The van der Waals surface area contributed by atoms with Crippen LogP contribution < -0.4 is 5.32 Å². The average molecular weight is 300 g/mol. The fraction of sp³-hybridized carbons (Fsp3) is 0.438. The molecule has 2 aromatic rings. The quantitative estimate of drug-likeness (QED) is 0.940. The molecule has 1 saturated heterocycles. The van der Waals surface area contributed by atoms with Gasteiger partial charge in [0.05, 0.1) is 11.9 Å². The van der Waals surface area contributed by atoms with E-state index in [1.807, 2.05) is 19.1 Å². The zero-order valence-corrected chi connectivity index (χ0v) is 12.6. The van der Waals surface area contributed by atoms with Gasteiger partial charge < -0.3 is 10.1 Å². The summed E-state index contributed by atoms with van der Waals surface area (Å²) in [5, 5.41) is 7.25. The van der Waals surface area contributed by atoms with Gasteiger partial charge in [-0.1, -0.05) is 6.92 Å². The first kappa shape index (κ1) is 14.7. The van der Waals surface area contributed by atoms with Crippen molar-refractivity contribution in [3.8, 4) is 5.69 Å². The molecule has 116 valence electrons. The number of hydrogen-bond donors (Lipinski definition) is 1. The fourth-order valence-electron chi connectivity index (χ4n) is 2.76. The molecule has 0 unspecified atom stereocenters. The monoisotopic (exact) mass is 300 g/mol. The largest absolute Gasteiger partial charge is 0.381 e. The Bertz CT molecular complexity index is 620. The zero-order valence-electron chi connectivity index (χ0n) is 12.6. The molecule has 1 N–H and O–H groups in total. The Morgan fingerprint density at radius 1 is 1.27 bits per heavy atom. The Labute approximate surface area is 129 Å². The molecule has 6 nitrogen and oxygen atoms in total. The highest BCUT2D eigenvalue weighted by atomic mass is 16.5. The van der Waals surface area contributed by atoms with E-state index in [2.05, 4.69) is 15.4 Å². The van der Waals surface area contributed by atoms with Gasteiger partial charge in [0.1, 0.15) is 5.82 Å². The second-order valence-corrected chi connectivity index (χ2v) is 5.56. The van der Waals surface area contributed by atoms with Crippen LogP contribution in [0.3, 0.4) is 0 Å². The van der Waals surface area contributed by atoms with Crippen LogP contribution in [0.4, 0.5) is 5.82 Å². The molecule has 6 heteroatoms. The van der Waals surface area contributed by atoms with Crippen molar-refractivity contribution >= 4 is 11.7 Å². The van der Waals surface area contributed by atoms with Crippen molar-refractivity contribution in [1.29, 1.82) is 0 Å². The maximum Gasteiger partial charge on any atom is 0.228 e. The summed E-state index contributed by atoms with van der Waals surface area (Å²) in [4.78, 5) is 16.5. The predicted octanol–water partition coefficient (Wildman–Crippen LogP) is 2.27. The first-order valence-electron chi connectivity index (χ1n) is 7.59. The van der Waals surface area contributed by atoms with Crippen LogP contribution in [0.25, 0.3) is 5.69 Å². The SMILES string of the molecule is C[C@H](C(=O)Nc1ccnn1-c1ccncc1)C1CCOCC1. The molecule has 3 rings (SSSR count). The minimum absolute atomic E-state index is 0.0303. The molecule has 2 aromatic heterocycles. The minimum Gasteiger partial charge on any atom is -0.381 e. The van der Waals surface area contributed by atoms with Gasteiger partial charge in [-0.3, -0.25) is 9.78 Å². The number of aromatic nitrogens is 3. The highest BCUT2D eigenvalue weighted by Gasteiger charge is 2.26. The summed E-state index contributed by atoms with van der Waals surface area (Å²) in [6, 6.07) is 5.50. The molecule has 0 radical (unpaired) electrons. The number of carbonyl (C=O) groups excluding carboxylic acids is 1. The van der Waals surface area contributed by atoms with Gasteiger partial charge >= 0.3 is 0 Å². The van der Waals surface area contributed by atoms with Gasteiger partial charge in [-0.15, -0.1) is 0 Å². The number of carbonyl (C=O) groups is 1. The van der Waals surface area contributed by atoms with Crippen molar-refractivity contribution in [3.05, 3.63) is 36.8 Å². The van der Waals surface area contributed by atoms with Crippen LogP contribution >= 0.6 is 0 Å². The van der Waals surface area contributed by atoms with Crippen LogP contribution in [0.2, 0.25) is 0 Å². The molecular weight excluding hydrogens is 280 g/mol. The number of amides is 1. The summed E-state index contributed by atoms with van der Waals surface area (Å²) < 4.78 is 7.07. The van der Waals surface area contributed by atoms with Crippen molar-refractivity contribution in [2.75, 3.05) is 18.5 Å². The first-order valence-corrected chi connectivity index (χ1v) is 7.59. The fourth-order valence-corrected chi connectivity index (χ4v) is 2.76. The molecule has 1 fully saturated rings. The molecule has 1 aliphatic heterocycles. The highest BCUT2D eigenvalue weighted by Crippen LogP contribution is 2.25. The highest BCUT2D eigenvalue weighted by molar-refractivity contribution is 5.92. The lowest BCUT2D eigenvalue weighted by Gasteiger charge is -2.26. The maximum absolute atomic E-state index is 12.5. The number of nitrogens with zero attached hydrogens (tertiary/aromatic N) is 3. The van der Waals surface area contributed by atoms with Crippen molar-refractivity contribution in [2.45, 2.75) is 19.8 Å². The lowest BCUT2D eigenvalue weighted by Crippen LogP contribution is -2.31. The molecule has 0 aromatic carbocycles. The van der Waals surface area contributed by atoms with Gasteiger partial charge in [0.15, 0.2) is 0 Å². The maximum atomic E-state index is 12.5. The second-order valence-electron chi connectivity index (χ2n) is 5.56. The lowest BCUT2D eigenvalue weighted by molar-refractivity contribution is -0.122. The van der Waals surface area contributed by atoms with Crippen molar-refractivity contribution in [3.63, 3.8) is 0 Å². The summed E-state index contributed by atoms with van der Waals surface area (Å²) in [5.41, 5.74) is 0.869. The third kappa shape index (κ3) is 3.17. The Kier molecular flexibility index (Phi) is 4.48. The van der Waals surface area contributed by atoms with Crippen LogP contribution in [0.1, 0.15) is 19.8 Å². The van der Waals surface area contributed by atoms with E-state index in [-0.39, 0.29) is 11.8 Å². The van der Waals surface area contributed by atoms with E-state index in [0.29, 0.717) is 11.7 Å². The van der Waals surface area contributed by atoms with Gasteiger partial charge in [0, 0.05) is 37.6 Å². The number of pyridine rings is 1. The summed E-state index contributed by atoms with van der Waals surface area (Å²) in [7, 11) is 0. The average Bonchev–Trinajstić information content (AvgIpc) is 3.04. The molecule has 0 aliphatic carbocycles. The topological polar surface area (TPSA) is 69.0 Å². The van der Waals surface area contributed by atoms with Gasteiger partial charge in [-0.05, 0) is 30.9 Å². The third-order valence-electron chi connectivity index (χ3n) is 4.19. The Hall–Kier alpha value is -2.21. The summed E-state index contributed by atoms with van der Waals surface area (Å²) in [6.45, 7) is 3.48. The Balaban J connectivity index is 1.71. The predicted molar refractivity (Wildman–Crippen MR) is 82.7 cm³/mol. The summed E-state index contributed by atoms with van der Waals surface area (Å²) in [6.07, 6.45) is 6.96. The summed E-state index contributed by atoms with van der Waals surface area (Å²) in [5.74, 6) is 1.05. The lowest BCUT2D eigenvalue weighted by atomic mass is 9.87. The van der Waals surface area contributed by atoms with Crippen LogP contribution in [0.15, 0.2) is 36.8 Å². The molecule has 1 atom stereocenters. The van der Waals surface area contributed by atoms with E-state index < -0.39 is 0 Å². The van der Waals surface area contributed by atoms with Crippen LogP contribution in [-0.2, 0) is 9.53 Å². The third-order valence-corrected chi connectivity index (χ3v) is 4.19. The second kappa shape index (κ2) is 6.70. The van der Waals surface area contributed by atoms with Crippen LogP contribution in [-0.4, -0.2) is 33.9 Å². The number of nitrogens with one attached hydrogen (secondary N) is 1. The molecule has 1 aliphatic rings. The van der Waals surface area contributed by atoms with E-state index in [4.69, 9.17) is 4.74 Å². The molecule has 0 bridgehead atoms. The number of ether oxygens (including phenoxy) is 1. The Morgan fingerprint density at radius 2 is 2.00 bits per heavy atom. The zero-order chi connectivity index (χ0) is 15.4. The van der Waals surface area contributed by atoms with Gasteiger partial charge in [0.25, 0.3) is 0 Å². The normalized spacial score (nSPS) is 17.1. The standard InChI is InChI=1S/C16H20N4O2/c1-12(13-5-10-22-11-6-13)16(21)19-15-4-9-18-20(15)14-2-7-17-8-3-14/h2-4,7-9,12-13H,5-6,10-11H2,1H3,(H,19,21)/t12-/m0/s1. The molecule has 3 heterocycles. The van der Waals surface area contributed by atoms with E-state index in [1.165, 1.54) is 0 Å². The van der Waals surface area contributed by atoms with E-state index in [1.54, 1.807) is 29.3 Å². The van der Waals surface area contributed by atoms with E-state index >= 15 is 0 Å². The van der Waals surface area contributed by atoms with Gasteiger partial charge in [-0.25, -0.2) is 4.68 Å². The molecular formula is C16H20N4O2. The van der Waals surface area contributed by atoms with E-state index in [0.717, 1.165) is 31.7 Å². The number of anilines is 1. The molecule has 0 saturated carbocycles. The van der Waals surface area contributed by atoms with Gasteiger partial charge in [0.2, 0.25) is 5.91 Å². The Morgan fingerprint density at radius 3 is 2.73 bits per heavy atom. The first-order chi connectivity index (χ1) is 10.8.